The lowest BCUT2D eigenvalue weighted by Gasteiger charge is -2.18. The zero-order valence-corrected chi connectivity index (χ0v) is 23.4. The maximum Gasteiger partial charge on any atom is 0.426 e. The number of nitriles is 1. The average Bonchev–Trinajstić information content (AvgIpc) is 2.97. The third kappa shape index (κ3) is 10.3. The molecule has 3 rings (SSSR count). The number of carboxylic acid groups (broad SMARTS) is 1. The van der Waals surface area contributed by atoms with Crippen molar-refractivity contribution in [3.8, 4) is 17.6 Å². The van der Waals surface area contributed by atoms with Gasteiger partial charge in [-0.15, -0.1) is 0 Å². The molecule has 0 aromatic heterocycles. The molecule has 0 aliphatic carbocycles. The molecule has 0 radical (unpaired) electrons. The Morgan fingerprint density at radius 2 is 1.60 bits per heavy atom. The molecule has 0 amide bonds. The van der Waals surface area contributed by atoms with E-state index in [0.717, 1.165) is 31.8 Å². The molecule has 0 atom stereocenters. The highest BCUT2D eigenvalue weighted by Gasteiger charge is 2.34. The molecular weight excluding hydrogens is 560 g/mol. The largest absolute Gasteiger partial charge is 0.494 e. The van der Waals surface area contributed by atoms with Crippen molar-refractivity contribution < 1.29 is 37.7 Å². The lowest BCUT2D eigenvalue weighted by molar-refractivity contribution is -0.185. The van der Waals surface area contributed by atoms with Gasteiger partial charge in [0.2, 0.25) is 0 Å². The van der Waals surface area contributed by atoms with Crippen LogP contribution in [0.25, 0.3) is 6.08 Å². The van der Waals surface area contributed by atoms with Crippen LogP contribution in [0, 0.1) is 11.3 Å². The first-order chi connectivity index (χ1) is 20.6. The van der Waals surface area contributed by atoms with Crippen molar-refractivity contribution in [3.05, 3.63) is 89.0 Å². The second-order valence-electron chi connectivity index (χ2n) is 9.58. The molecule has 0 unspecified atom stereocenters. The molecule has 3 aromatic rings. The van der Waals surface area contributed by atoms with Gasteiger partial charge in [0.15, 0.2) is 0 Å². The summed E-state index contributed by atoms with van der Waals surface area (Å²) in [6, 6.07) is 15.9. The maximum absolute atomic E-state index is 14.7. The minimum absolute atomic E-state index is 0.0608. The number of aromatic carboxylic acids is 1. The SMILES string of the molecule is N#CCCCCCCOc1ccc(C(F)(F)Oc2ccc(C=CC(=O)OCCc3c(N)cc(N)cc3C(=O)O)cc2)cc1. The normalized spacial score (nSPS) is 11.2. The first-order valence-electron chi connectivity index (χ1n) is 13.6. The van der Waals surface area contributed by atoms with Crippen molar-refractivity contribution in [1.82, 2.24) is 0 Å². The average molecular weight is 594 g/mol. The molecule has 0 fully saturated rings. The summed E-state index contributed by atoms with van der Waals surface area (Å²) in [6.45, 7) is 0.348. The highest BCUT2D eigenvalue weighted by Crippen LogP contribution is 2.32. The Morgan fingerprint density at radius 1 is 0.930 bits per heavy atom. The van der Waals surface area contributed by atoms with E-state index in [0.29, 0.717) is 29.9 Å². The smallest absolute Gasteiger partial charge is 0.426 e. The molecule has 0 saturated heterocycles. The molecule has 226 valence electrons. The number of carbonyl (C=O) groups excluding carboxylic acids is 1. The van der Waals surface area contributed by atoms with Crippen molar-refractivity contribution in [2.24, 2.45) is 0 Å². The molecule has 0 bridgehead atoms. The Kier molecular flexibility index (Phi) is 11.9. The third-order valence-electron chi connectivity index (χ3n) is 6.31. The molecule has 3 aromatic carbocycles. The number of carbonyl (C=O) groups is 2. The van der Waals surface area contributed by atoms with Crippen LogP contribution in [0.2, 0.25) is 0 Å². The fourth-order valence-electron chi connectivity index (χ4n) is 4.10. The van der Waals surface area contributed by atoms with E-state index in [2.05, 4.69) is 6.07 Å². The van der Waals surface area contributed by atoms with E-state index in [1.807, 2.05) is 0 Å². The van der Waals surface area contributed by atoms with Crippen molar-refractivity contribution in [3.63, 3.8) is 0 Å². The minimum Gasteiger partial charge on any atom is -0.494 e. The predicted octanol–water partition coefficient (Wildman–Crippen LogP) is 6.33. The number of nitrogen functional groups attached to an aromatic ring is 2. The summed E-state index contributed by atoms with van der Waals surface area (Å²) < 4.78 is 45.1. The third-order valence-corrected chi connectivity index (χ3v) is 6.31. The number of nitrogens with zero attached hydrogens (tertiary/aromatic N) is 1. The quantitative estimate of drug-likeness (QED) is 0.0747. The van der Waals surface area contributed by atoms with Gasteiger partial charge < -0.3 is 30.8 Å². The number of nitrogens with two attached hydrogens (primary N) is 2. The number of benzene rings is 3. The van der Waals surface area contributed by atoms with Crippen LogP contribution in [-0.2, 0) is 22.1 Å². The number of ether oxygens (including phenoxy) is 3. The Hall–Kier alpha value is -5.11. The van der Waals surface area contributed by atoms with Crippen LogP contribution >= 0.6 is 0 Å². The van der Waals surface area contributed by atoms with Crippen LogP contribution < -0.4 is 20.9 Å². The molecular formula is C32H33F2N3O6. The lowest BCUT2D eigenvalue weighted by Crippen LogP contribution is -2.21. The second kappa shape index (κ2) is 15.8. The van der Waals surface area contributed by atoms with Gasteiger partial charge in [-0.3, -0.25) is 0 Å². The highest BCUT2D eigenvalue weighted by atomic mass is 19.3. The molecule has 9 nitrogen and oxygen atoms in total. The van der Waals surface area contributed by atoms with Crippen molar-refractivity contribution in [1.29, 1.82) is 5.26 Å². The summed E-state index contributed by atoms with van der Waals surface area (Å²) in [5, 5.41) is 17.9. The van der Waals surface area contributed by atoms with Gasteiger partial charge >= 0.3 is 18.0 Å². The Balaban J connectivity index is 1.46. The van der Waals surface area contributed by atoms with Crippen LogP contribution in [0.1, 0.15) is 59.2 Å². The van der Waals surface area contributed by atoms with Gasteiger partial charge in [0, 0.05) is 30.3 Å². The van der Waals surface area contributed by atoms with Crippen molar-refractivity contribution in [2.45, 2.75) is 44.6 Å². The fraction of sp³-hybridized carbons (Fsp3) is 0.281. The number of anilines is 2. The Bertz CT molecular complexity index is 1450. The number of hydrogen-bond acceptors (Lipinski definition) is 8. The second-order valence-corrected chi connectivity index (χ2v) is 9.58. The van der Waals surface area contributed by atoms with E-state index in [9.17, 15) is 23.5 Å². The van der Waals surface area contributed by atoms with E-state index in [-0.39, 0.29) is 41.3 Å². The number of unbranched alkanes of at least 4 members (excludes halogenated alkanes) is 4. The zero-order chi connectivity index (χ0) is 31.2. The molecule has 5 N–H and O–H groups in total. The van der Waals surface area contributed by atoms with Crippen molar-refractivity contribution >= 4 is 29.4 Å². The van der Waals surface area contributed by atoms with Gasteiger partial charge in [-0.05, 0) is 78.6 Å². The minimum atomic E-state index is -3.59. The van der Waals surface area contributed by atoms with Crippen molar-refractivity contribution in [2.75, 3.05) is 24.7 Å². The van der Waals surface area contributed by atoms with Crippen LogP contribution in [0.15, 0.2) is 66.7 Å². The maximum atomic E-state index is 14.7. The van der Waals surface area contributed by atoms with Crippen LogP contribution in [0.4, 0.5) is 20.2 Å². The monoisotopic (exact) mass is 593 g/mol. The summed E-state index contributed by atoms with van der Waals surface area (Å²) in [6.07, 6.45) is 3.18. The number of hydrogen-bond donors (Lipinski definition) is 3. The summed E-state index contributed by atoms with van der Waals surface area (Å²) in [5.74, 6) is -1.47. The van der Waals surface area contributed by atoms with E-state index in [1.165, 1.54) is 66.7 Å². The van der Waals surface area contributed by atoms with E-state index in [4.69, 9.17) is 30.9 Å². The van der Waals surface area contributed by atoms with Gasteiger partial charge in [0.25, 0.3) is 0 Å². The van der Waals surface area contributed by atoms with Crippen LogP contribution in [0.3, 0.4) is 0 Å². The van der Waals surface area contributed by atoms with Gasteiger partial charge in [-0.1, -0.05) is 25.0 Å². The number of halogens is 2. The van der Waals surface area contributed by atoms with E-state index in [1.54, 1.807) is 0 Å². The summed E-state index contributed by atoms with van der Waals surface area (Å²) in [5.41, 5.74) is 12.4. The number of rotatable bonds is 16. The Labute approximate surface area is 248 Å². The van der Waals surface area contributed by atoms with Gasteiger partial charge in [-0.2, -0.15) is 14.0 Å². The van der Waals surface area contributed by atoms with Crippen LogP contribution in [-0.4, -0.2) is 30.3 Å². The number of carboxylic acids is 1. The molecule has 11 heteroatoms. The first-order valence-corrected chi connectivity index (χ1v) is 13.6. The summed E-state index contributed by atoms with van der Waals surface area (Å²) >= 11 is 0. The molecule has 0 aliphatic rings. The van der Waals surface area contributed by atoms with Gasteiger partial charge in [0.05, 0.1) is 30.4 Å². The van der Waals surface area contributed by atoms with E-state index < -0.39 is 18.0 Å². The number of alkyl halides is 2. The zero-order valence-electron chi connectivity index (χ0n) is 23.4. The summed E-state index contributed by atoms with van der Waals surface area (Å²) in [7, 11) is 0. The summed E-state index contributed by atoms with van der Waals surface area (Å²) in [4.78, 5) is 23.5. The van der Waals surface area contributed by atoms with Gasteiger partial charge in [-0.25, -0.2) is 9.59 Å². The molecule has 0 heterocycles. The molecule has 0 saturated carbocycles. The van der Waals surface area contributed by atoms with Crippen LogP contribution in [0.5, 0.6) is 11.5 Å². The number of esters is 1. The Morgan fingerprint density at radius 3 is 2.28 bits per heavy atom. The first kappa shape index (κ1) is 32.4. The van der Waals surface area contributed by atoms with E-state index >= 15 is 0 Å². The highest BCUT2D eigenvalue weighted by molar-refractivity contribution is 5.92. The lowest BCUT2D eigenvalue weighted by atomic mass is 10.0. The molecule has 0 spiro atoms. The topological polar surface area (TPSA) is 158 Å². The van der Waals surface area contributed by atoms with Gasteiger partial charge in [0.1, 0.15) is 11.5 Å². The predicted molar refractivity (Wildman–Crippen MR) is 158 cm³/mol. The fourth-order valence-corrected chi connectivity index (χ4v) is 4.10. The standard InChI is InChI=1S/C32H33F2N3O6/c33-32(34,23-9-13-25(14-10-23)41-18-5-3-1-2-4-17-35)43-26-11-6-22(7-12-26)8-15-30(38)42-19-16-27-28(31(39)40)20-24(36)21-29(27)37/h6-15,20-21H,1-5,16,18-19,36-37H2,(H,39,40). The molecule has 43 heavy (non-hydrogen) atoms. The molecule has 0 aliphatic heterocycles.